The van der Waals surface area contributed by atoms with Crippen molar-refractivity contribution in [1.82, 2.24) is 5.32 Å². The smallest absolute Gasteiger partial charge is 0.298 e. The van der Waals surface area contributed by atoms with E-state index in [0.717, 1.165) is 12.1 Å². The Morgan fingerprint density at radius 1 is 0.905 bits per heavy atom. The number of halogens is 5. The average molecular weight is 301 g/mol. The molecular weight excluding hydrogens is 289 g/mol. The summed E-state index contributed by atoms with van der Waals surface area (Å²) in [5, 5.41) is 2.32. The maximum Gasteiger partial charge on any atom is 0.407 e. The van der Waals surface area contributed by atoms with Crippen LogP contribution in [0.1, 0.15) is 17.2 Å². The summed E-state index contributed by atoms with van der Waals surface area (Å²) >= 11 is 0. The second-order valence-corrected chi connectivity index (χ2v) is 4.51. The van der Waals surface area contributed by atoms with Gasteiger partial charge in [0.05, 0.1) is 0 Å². The molecule has 0 aliphatic carbocycles. The highest BCUT2D eigenvalue weighted by atomic mass is 19.4. The van der Waals surface area contributed by atoms with Gasteiger partial charge in [-0.05, 0) is 23.3 Å². The number of hydrogen-bond acceptors (Lipinski definition) is 1. The summed E-state index contributed by atoms with van der Waals surface area (Å²) in [6.45, 7) is -0.226. The van der Waals surface area contributed by atoms with Gasteiger partial charge in [-0.1, -0.05) is 36.4 Å². The van der Waals surface area contributed by atoms with E-state index in [4.69, 9.17) is 0 Å². The summed E-state index contributed by atoms with van der Waals surface area (Å²) in [5.74, 6) is -2.12. The molecule has 0 amide bonds. The molecule has 0 spiro atoms. The lowest BCUT2D eigenvalue weighted by molar-refractivity contribution is -0.158. The van der Waals surface area contributed by atoms with Gasteiger partial charge < -0.3 is 0 Å². The van der Waals surface area contributed by atoms with Gasteiger partial charge in [-0.15, -0.1) is 0 Å². The highest BCUT2D eigenvalue weighted by Crippen LogP contribution is 2.32. The third-order valence-corrected chi connectivity index (χ3v) is 2.95. The van der Waals surface area contributed by atoms with Gasteiger partial charge in [0.15, 0.2) is 11.6 Å². The standard InChI is InChI=1S/C15H12F5N/c16-12-7-6-10(8-13(12)17)9-21-14(15(18,19)20)11-4-2-1-3-5-11/h1-8,14,21H,9H2. The molecule has 0 aliphatic rings. The van der Waals surface area contributed by atoms with E-state index in [2.05, 4.69) is 5.32 Å². The van der Waals surface area contributed by atoms with E-state index in [1.807, 2.05) is 0 Å². The minimum Gasteiger partial charge on any atom is -0.298 e. The van der Waals surface area contributed by atoms with Crippen LogP contribution < -0.4 is 5.32 Å². The van der Waals surface area contributed by atoms with E-state index >= 15 is 0 Å². The van der Waals surface area contributed by atoms with E-state index in [9.17, 15) is 22.0 Å². The van der Waals surface area contributed by atoms with Crippen LogP contribution in [0.4, 0.5) is 22.0 Å². The lowest BCUT2D eigenvalue weighted by atomic mass is 10.1. The Morgan fingerprint density at radius 2 is 1.57 bits per heavy atom. The Morgan fingerprint density at radius 3 is 2.14 bits per heavy atom. The summed E-state index contributed by atoms with van der Waals surface area (Å²) in [6.07, 6.45) is -4.49. The van der Waals surface area contributed by atoms with Gasteiger partial charge in [-0.2, -0.15) is 13.2 Å². The molecule has 6 heteroatoms. The minimum atomic E-state index is -4.49. The van der Waals surface area contributed by atoms with Crippen molar-refractivity contribution in [3.8, 4) is 0 Å². The molecule has 0 radical (unpaired) electrons. The Bertz CT molecular complexity index is 595. The first-order chi connectivity index (χ1) is 9.88. The summed E-state index contributed by atoms with van der Waals surface area (Å²) in [7, 11) is 0. The molecule has 1 atom stereocenters. The summed E-state index contributed by atoms with van der Waals surface area (Å²) in [5.41, 5.74) is 0.298. The van der Waals surface area contributed by atoms with Gasteiger partial charge in [-0.3, -0.25) is 5.32 Å². The molecule has 2 aromatic rings. The Balaban J connectivity index is 2.15. The van der Waals surface area contributed by atoms with Crippen molar-refractivity contribution in [3.05, 3.63) is 71.3 Å². The molecule has 1 nitrogen and oxygen atoms in total. The van der Waals surface area contributed by atoms with Crippen LogP contribution in [-0.2, 0) is 6.54 Å². The topological polar surface area (TPSA) is 12.0 Å². The van der Waals surface area contributed by atoms with Crippen LogP contribution >= 0.6 is 0 Å². The number of rotatable bonds is 4. The molecular formula is C15H12F5N. The van der Waals surface area contributed by atoms with Crippen molar-refractivity contribution in [2.75, 3.05) is 0 Å². The number of nitrogens with one attached hydrogen (secondary N) is 1. The molecule has 0 fully saturated rings. The van der Waals surface area contributed by atoms with Crippen LogP contribution in [-0.4, -0.2) is 6.18 Å². The van der Waals surface area contributed by atoms with Crippen molar-refractivity contribution in [2.24, 2.45) is 0 Å². The van der Waals surface area contributed by atoms with Crippen LogP contribution in [0.5, 0.6) is 0 Å². The first-order valence-electron chi connectivity index (χ1n) is 6.17. The van der Waals surface area contributed by atoms with Gasteiger partial charge in [0, 0.05) is 6.54 Å². The molecule has 0 bridgehead atoms. The van der Waals surface area contributed by atoms with Crippen LogP contribution in [0, 0.1) is 11.6 Å². The molecule has 21 heavy (non-hydrogen) atoms. The fourth-order valence-electron chi connectivity index (χ4n) is 1.94. The third-order valence-electron chi connectivity index (χ3n) is 2.95. The maximum atomic E-state index is 13.1. The van der Waals surface area contributed by atoms with Crippen molar-refractivity contribution < 1.29 is 22.0 Å². The monoisotopic (exact) mass is 301 g/mol. The highest BCUT2D eigenvalue weighted by molar-refractivity contribution is 5.22. The van der Waals surface area contributed by atoms with Crippen molar-refractivity contribution in [1.29, 1.82) is 0 Å². The van der Waals surface area contributed by atoms with E-state index < -0.39 is 23.9 Å². The molecule has 112 valence electrons. The fraction of sp³-hybridized carbons (Fsp3) is 0.200. The molecule has 0 heterocycles. The zero-order valence-corrected chi connectivity index (χ0v) is 10.8. The summed E-state index contributed by atoms with van der Waals surface area (Å²) in [6, 6.07) is 8.48. The quantitative estimate of drug-likeness (QED) is 0.827. The molecule has 1 unspecified atom stereocenters. The summed E-state index contributed by atoms with van der Waals surface area (Å²) < 4.78 is 65.0. The van der Waals surface area contributed by atoms with Crippen molar-refractivity contribution in [2.45, 2.75) is 18.8 Å². The average Bonchev–Trinajstić information content (AvgIpc) is 2.43. The number of benzene rings is 2. The number of alkyl halides is 3. The van der Waals surface area contributed by atoms with E-state index in [0.29, 0.717) is 0 Å². The van der Waals surface area contributed by atoms with E-state index in [1.54, 1.807) is 6.07 Å². The minimum absolute atomic E-state index is 0.0626. The van der Waals surface area contributed by atoms with E-state index in [1.165, 1.54) is 30.3 Å². The molecule has 0 aliphatic heterocycles. The SMILES string of the molecule is Fc1ccc(CNC(c2ccccc2)C(F)(F)F)cc1F. The van der Waals surface area contributed by atoms with Crippen LogP contribution in [0.3, 0.4) is 0 Å². The van der Waals surface area contributed by atoms with Crippen LogP contribution in [0.25, 0.3) is 0 Å². The Labute approximate surface area is 118 Å². The Kier molecular flexibility index (Phi) is 4.57. The molecule has 0 saturated carbocycles. The Hall–Kier alpha value is -1.95. The zero-order chi connectivity index (χ0) is 15.5. The first-order valence-corrected chi connectivity index (χ1v) is 6.17. The van der Waals surface area contributed by atoms with Crippen LogP contribution in [0.15, 0.2) is 48.5 Å². The van der Waals surface area contributed by atoms with Crippen molar-refractivity contribution >= 4 is 0 Å². The van der Waals surface area contributed by atoms with Gasteiger partial charge in [0.2, 0.25) is 0 Å². The van der Waals surface area contributed by atoms with E-state index in [-0.39, 0.29) is 17.7 Å². The molecule has 2 aromatic carbocycles. The van der Waals surface area contributed by atoms with Gasteiger partial charge in [0.1, 0.15) is 6.04 Å². The molecule has 1 N–H and O–H groups in total. The van der Waals surface area contributed by atoms with Gasteiger partial charge >= 0.3 is 6.18 Å². The van der Waals surface area contributed by atoms with Gasteiger partial charge in [-0.25, -0.2) is 8.78 Å². The predicted molar refractivity (Wildman–Crippen MR) is 68.4 cm³/mol. The predicted octanol–water partition coefficient (Wildman–Crippen LogP) is 4.36. The fourth-order valence-corrected chi connectivity index (χ4v) is 1.94. The first kappa shape index (κ1) is 15.4. The second-order valence-electron chi connectivity index (χ2n) is 4.51. The number of hydrogen-bond donors (Lipinski definition) is 1. The van der Waals surface area contributed by atoms with Gasteiger partial charge in [0.25, 0.3) is 0 Å². The van der Waals surface area contributed by atoms with Crippen LogP contribution in [0.2, 0.25) is 0 Å². The second kappa shape index (κ2) is 6.22. The maximum absolute atomic E-state index is 13.1. The molecule has 0 saturated heterocycles. The highest BCUT2D eigenvalue weighted by Gasteiger charge is 2.40. The lowest BCUT2D eigenvalue weighted by Crippen LogP contribution is -2.33. The zero-order valence-electron chi connectivity index (χ0n) is 10.8. The van der Waals surface area contributed by atoms with Crippen molar-refractivity contribution in [3.63, 3.8) is 0 Å². The largest absolute Gasteiger partial charge is 0.407 e. The molecule has 2 rings (SSSR count). The third kappa shape index (κ3) is 4.01. The summed E-state index contributed by atoms with van der Waals surface area (Å²) in [4.78, 5) is 0. The molecule has 0 aromatic heterocycles. The normalized spacial score (nSPS) is 13.2. The lowest BCUT2D eigenvalue weighted by Gasteiger charge is -2.22.